The van der Waals surface area contributed by atoms with Crippen molar-refractivity contribution < 1.29 is 24.0 Å². The molecule has 136 valence electrons. The van der Waals surface area contributed by atoms with Gasteiger partial charge >= 0.3 is 5.97 Å². The number of likely N-dealkylation sites (N-methyl/N-ethyl adjacent to an activating group) is 1. The topological polar surface area (TPSA) is 99.0 Å². The second-order valence-electron chi connectivity index (χ2n) is 5.23. The van der Waals surface area contributed by atoms with E-state index in [1.807, 2.05) is 6.07 Å². The Labute approximate surface area is 150 Å². The van der Waals surface area contributed by atoms with Crippen LogP contribution in [0.1, 0.15) is 17.3 Å². The smallest absolute Gasteiger partial charge is 0.340 e. The summed E-state index contributed by atoms with van der Waals surface area (Å²) in [6.07, 6.45) is 0. The number of nitro benzene ring substituents is 1. The number of para-hydroxylation sites is 1. The number of ether oxygens (including phenoxy) is 2. The Morgan fingerprint density at radius 2 is 1.85 bits per heavy atom. The Hall–Kier alpha value is -3.42. The molecule has 8 heteroatoms. The standard InChI is InChI=1S/C18H18N2O6/c1-3-25-18(22)15-10-9-13(20(23)24)11-16(15)19(2)17(21)12-26-14-7-5-4-6-8-14/h4-11H,3,12H2,1-2H3. The number of hydrogen-bond donors (Lipinski definition) is 0. The van der Waals surface area contributed by atoms with E-state index in [0.29, 0.717) is 5.75 Å². The van der Waals surface area contributed by atoms with Crippen molar-refractivity contribution in [3.8, 4) is 5.75 Å². The fourth-order valence-corrected chi connectivity index (χ4v) is 2.19. The maximum atomic E-state index is 12.4. The lowest BCUT2D eigenvalue weighted by molar-refractivity contribution is -0.384. The Morgan fingerprint density at radius 1 is 1.15 bits per heavy atom. The highest BCUT2D eigenvalue weighted by atomic mass is 16.6. The number of anilines is 1. The highest BCUT2D eigenvalue weighted by molar-refractivity contribution is 6.03. The quantitative estimate of drug-likeness (QED) is 0.429. The first-order chi connectivity index (χ1) is 12.4. The van der Waals surface area contributed by atoms with Crippen LogP contribution in [0.4, 0.5) is 11.4 Å². The molecule has 8 nitrogen and oxygen atoms in total. The maximum absolute atomic E-state index is 12.4. The van der Waals surface area contributed by atoms with Crippen LogP contribution in [0.2, 0.25) is 0 Å². The van der Waals surface area contributed by atoms with Crippen LogP contribution in [-0.4, -0.2) is 37.1 Å². The first kappa shape index (κ1) is 18.9. The third-order valence-electron chi connectivity index (χ3n) is 3.53. The van der Waals surface area contributed by atoms with Crippen LogP contribution in [-0.2, 0) is 9.53 Å². The van der Waals surface area contributed by atoms with Crippen molar-refractivity contribution in [1.29, 1.82) is 0 Å². The van der Waals surface area contributed by atoms with Crippen LogP contribution in [0.15, 0.2) is 48.5 Å². The molecule has 0 aliphatic rings. The van der Waals surface area contributed by atoms with Crippen molar-refractivity contribution in [3.63, 3.8) is 0 Å². The predicted octanol–water partition coefficient (Wildman–Crippen LogP) is 2.81. The molecule has 0 saturated heterocycles. The molecule has 0 saturated carbocycles. The molecule has 0 aliphatic carbocycles. The molecule has 0 bridgehead atoms. The number of non-ortho nitro benzene ring substituents is 1. The van der Waals surface area contributed by atoms with Gasteiger partial charge in [-0.15, -0.1) is 0 Å². The summed E-state index contributed by atoms with van der Waals surface area (Å²) in [7, 11) is 1.42. The zero-order valence-electron chi connectivity index (χ0n) is 14.4. The van der Waals surface area contributed by atoms with Gasteiger partial charge < -0.3 is 14.4 Å². The van der Waals surface area contributed by atoms with Crippen molar-refractivity contribution in [3.05, 3.63) is 64.2 Å². The molecular formula is C18H18N2O6. The van der Waals surface area contributed by atoms with Crippen molar-refractivity contribution in [2.24, 2.45) is 0 Å². The minimum absolute atomic E-state index is 0.0630. The average molecular weight is 358 g/mol. The molecule has 0 radical (unpaired) electrons. The third kappa shape index (κ3) is 4.56. The molecule has 2 aromatic rings. The molecule has 0 unspecified atom stereocenters. The molecule has 1 amide bonds. The molecule has 0 aliphatic heterocycles. The Bertz CT molecular complexity index is 807. The molecule has 0 fully saturated rings. The zero-order valence-corrected chi connectivity index (χ0v) is 14.4. The number of carbonyl (C=O) groups excluding carboxylic acids is 2. The van der Waals surface area contributed by atoms with Crippen molar-refractivity contribution >= 4 is 23.3 Å². The minimum Gasteiger partial charge on any atom is -0.484 e. The van der Waals surface area contributed by atoms with E-state index in [1.165, 1.54) is 19.2 Å². The highest BCUT2D eigenvalue weighted by Gasteiger charge is 2.23. The van der Waals surface area contributed by atoms with Gasteiger partial charge in [0.25, 0.3) is 11.6 Å². The molecule has 2 aromatic carbocycles. The number of benzene rings is 2. The summed E-state index contributed by atoms with van der Waals surface area (Å²) in [5.41, 5.74) is -0.0935. The molecule has 0 atom stereocenters. The lowest BCUT2D eigenvalue weighted by Crippen LogP contribution is -2.32. The van der Waals surface area contributed by atoms with E-state index in [9.17, 15) is 19.7 Å². The van der Waals surface area contributed by atoms with E-state index in [1.54, 1.807) is 31.2 Å². The summed E-state index contributed by atoms with van der Waals surface area (Å²) < 4.78 is 10.3. The zero-order chi connectivity index (χ0) is 19.1. The summed E-state index contributed by atoms with van der Waals surface area (Å²) in [5, 5.41) is 11.0. The molecule has 0 N–H and O–H groups in total. The van der Waals surface area contributed by atoms with E-state index < -0.39 is 16.8 Å². The Morgan fingerprint density at radius 3 is 2.46 bits per heavy atom. The van der Waals surface area contributed by atoms with E-state index in [4.69, 9.17) is 9.47 Å². The highest BCUT2D eigenvalue weighted by Crippen LogP contribution is 2.26. The van der Waals surface area contributed by atoms with Crippen molar-refractivity contribution in [2.75, 3.05) is 25.2 Å². The van der Waals surface area contributed by atoms with Crippen LogP contribution in [0.5, 0.6) is 5.75 Å². The van der Waals surface area contributed by atoms with Gasteiger partial charge in [0.15, 0.2) is 6.61 Å². The van der Waals surface area contributed by atoms with Crippen LogP contribution in [0.25, 0.3) is 0 Å². The van der Waals surface area contributed by atoms with Gasteiger partial charge in [-0.25, -0.2) is 4.79 Å². The molecule has 0 spiro atoms. The molecular weight excluding hydrogens is 340 g/mol. The number of esters is 1. The second-order valence-corrected chi connectivity index (χ2v) is 5.23. The minimum atomic E-state index is -0.666. The third-order valence-corrected chi connectivity index (χ3v) is 3.53. The largest absolute Gasteiger partial charge is 0.484 e. The van der Waals surface area contributed by atoms with Crippen molar-refractivity contribution in [2.45, 2.75) is 6.92 Å². The molecule has 0 heterocycles. The second kappa shape index (κ2) is 8.61. The maximum Gasteiger partial charge on any atom is 0.340 e. The van der Waals surface area contributed by atoms with Gasteiger partial charge in [0, 0.05) is 19.2 Å². The van der Waals surface area contributed by atoms with Gasteiger partial charge in [-0.2, -0.15) is 0 Å². The summed E-state index contributed by atoms with van der Waals surface area (Å²) >= 11 is 0. The van der Waals surface area contributed by atoms with E-state index in [0.717, 1.165) is 11.0 Å². The fraction of sp³-hybridized carbons (Fsp3) is 0.222. The van der Waals surface area contributed by atoms with Crippen LogP contribution >= 0.6 is 0 Å². The number of hydrogen-bond acceptors (Lipinski definition) is 6. The molecule has 0 aromatic heterocycles. The predicted molar refractivity (Wildman–Crippen MR) is 94.4 cm³/mol. The fourth-order valence-electron chi connectivity index (χ4n) is 2.19. The van der Waals surface area contributed by atoms with Gasteiger partial charge in [0.05, 0.1) is 22.8 Å². The first-order valence-electron chi connectivity index (χ1n) is 7.84. The Kier molecular flexibility index (Phi) is 6.26. The SMILES string of the molecule is CCOC(=O)c1ccc([N+](=O)[O-])cc1N(C)C(=O)COc1ccccc1. The van der Waals surface area contributed by atoms with Gasteiger partial charge in [-0.3, -0.25) is 14.9 Å². The number of nitrogens with zero attached hydrogens (tertiary/aromatic N) is 2. The molecule has 2 rings (SSSR count). The van der Waals surface area contributed by atoms with Gasteiger partial charge in [-0.1, -0.05) is 18.2 Å². The van der Waals surface area contributed by atoms with Gasteiger partial charge in [0.1, 0.15) is 5.75 Å². The number of rotatable bonds is 7. The lowest BCUT2D eigenvalue weighted by atomic mass is 10.1. The lowest BCUT2D eigenvalue weighted by Gasteiger charge is -2.20. The number of amides is 1. The summed E-state index contributed by atoms with van der Waals surface area (Å²) in [6, 6.07) is 12.4. The van der Waals surface area contributed by atoms with E-state index >= 15 is 0 Å². The normalized spacial score (nSPS) is 10.1. The first-order valence-corrected chi connectivity index (χ1v) is 7.84. The number of nitro groups is 1. The van der Waals surface area contributed by atoms with Crippen LogP contribution in [0, 0.1) is 10.1 Å². The van der Waals surface area contributed by atoms with E-state index in [2.05, 4.69) is 0 Å². The summed E-state index contributed by atoms with van der Waals surface area (Å²) in [4.78, 5) is 36.1. The molecule has 26 heavy (non-hydrogen) atoms. The number of carbonyl (C=O) groups is 2. The monoisotopic (exact) mass is 358 g/mol. The van der Waals surface area contributed by atoms with Gasteiger partial charge in [0.2, 0.25) is 0 Å². The summed E-state index contributed by atoms with van der Waals surface area (Å²) in [6.45, 7) is 1.50. The van der Waals surface area contributed by atoms with Gasteiger partial charge in [-0.05, 0) is 25.1 Å². The van der Waals surface area contributed by atoms with Crippen LogP contribution < -0.4 is 9.64 Å². The summed E-state index contributed by atoms with van der Waals surface area (Å²) in [5.74, 6) is -0.625. The average Bonchev–Trinajstić information content (AvgIpc) is 2.66. The van der Waals surface area contributed by atoms with Crippen molar-refractivity contribution in [1.82, 2.24) is 0 Å². The van der Waals surface area contributed by atoms with E-state index in [-0.39, 0.29) is 30.2 Å². The van der Waals surface area contributed by atoms with Crippen LogP contribution in [0.3, 0.4) is 0 Å². The Balaban J connectivity index is 2.25.